The van der Waals surface area contributed by atoms with Crippen molar-refractivity contribution in [2.45, 2.75) is 44.2 Å². The Morgan fingerprint density at radius 1 is 1.61 bits per heavy atom. The standard InChI is InChI=1S/C11H19N3O3S/c1-4-10-7-17-8(2)6-14(10)18(15,16)11-5-12-13-9(11)3/h5,8,10H,4,6-7H2,1-3H3,(H,12,13). The Morgan fingerprint density at radius 3 is 2.89 bits per heavy atom. The average Bonchev–Trinajstić information content (AvgIpc) is 2.76. The number of hydrogen-bond donors (Lipinski definition) is 1. The van der Waals surface area contributed by atoms with Crippen molar-refractivity contribution in [2.24, 2.45) is 0 Å². The minimum Gasteiger partial charge on any atom is -0.375 e. The number of hydrogen-bond acceptors (Lipinski definition) is 4. The van der Waals surface area contributed by atoms with E-state index in [1.165, 1.54) is 6.20 Å². The number of aromatic nitrogens is 2. The zero-order valence-corrected chi connectivity index (χ0v) is 11.7. The largest absolute Gasteiger partial charge is 0.375 e. The van der Waals surface area contributed by atoms with E-state index in [1.54, 1.807) is 11.2 Å². The van der Waals surface area contributed by atoms with Gasteiger partial charge in [0.2, 0.25) is 10.0 Å². The molecular formula is C11H19N3O3S. The van der Waals surface area contributed by atoms with E-state index in [2.05, 4.69) is 10.2 Å². The van der Waals surface area contributed by atoms with Gasteiger partial charge in [0.25, 0.3) is 0 Å². The predicted molar refractivity (Wildman–Crippen MR) is 66.7 cm³/mol. The first-order chi connectivity index (χ1) is 8.46. The molecular weight excluding hydrogens is 254 g/mol. The van der Waals surface area contributed by atoms with E-state index in [4.69, 9.17) is 4.74 Å². The van der Waals surface area contributed by atoms with E-state index in [9.17, 15) is 8.42 Å². The fourth-order valence-electron chi connectivity index (χ4n) is 2.16. The second-order valence-corrected chi connectivity index (χ2v) is 6.50. The zero-order chi connectivity index (χ0) is 13.3. The smallest absolute Gasteiger partial charge is 0.246 e. The van der Waals surface area contributed by atoms with Crippen molar-refractivity contribution >= 4 is 10.0 Å². The lowest BCUT2D eigenvalue weighted by atomic mass is 10.2. The van der Waals surface area contributed by atoms with E-state index in [-0.39, 0.29) is 17.0 Å². The van der Waals surface area contributed by atoms with Crippen LogP contribution in [0.3, 0.4) is 0 Å². The van der Waals surface area contributed by atoms with Crippen LogP contribution in [0, 0.1) is 6.92 Å². The van der Waals surface area contributed by atoms with E-state index in [0.29, 0.717) is 18.8 Å². The number of nitrogens with one attached hydrogen (secondary N) is 1. The number of aromatic amines is 1. The van der Waals surface area contributed by atoms with Crippen LogP contribution >= 0.6 is 0 Å². The fraction of sp³-hybridized carbons (Fsp3) is 0.727. The Bertz CT molecular complexity index is 511. The maximum atomic E-state index is 12.6. The third-order valence-electron chi connectivity index (χ3n) is 3.26. The normalized spacial score (nSPS) is 26.4. The molecule has 6 nitrogen and oxygen atoms in total. The molecule has 18 heavy (non-hydrogen) atoms. The lowest BCUT2D eigenvalue weighted by molar-refractivity contribution is -0.0230. The number of ether oxygens (including phenoxy) is 1. The summed E-state index contributed by atoms with van der Waals surface area (Å²) in [5.41, 5.74) is 0.573. The summed E-state index contributed by atoms with van der Waals surface area (Å²) in [6, 6.07) is -0.0968. The monoisotopic (exact) mass is 273 g/mol. The van der Waals surface area contributed by atoms with Crippen molar-refractivity contribution in [3.63, 3.8) is 0 Å². The summed E-state index contributed by atoms with van der Waals surface area (Å²) in [6.07, 6.45) is 2.04. The third kappa shape index (κ3) is 2.30. The molecule has 0 bridgehead atoms. The number of morpholine rings is 1. The van der Waals surface area contributed by atoms with Crippen molar-refractivity contribution in [1.82, 2.24) is 14.5 Å². The summed E-state index contributed by atoms with van der Waals surface area (Å²) in [5.74, 6) is 0. The summed E-state index contributed by atoms with van der Waals surface area (Å²) in [4.78, 5) is 0.259. The molecule has 0 amide bonds. The summed E-state index contributed by atoms with van der Waals surface area (Å²) in [5, 5.41) is 6.46. The molecule has 1 aliphatic heterocycles. The molecule has 0 radical (unpaired) electrons. The molecule has 0 saturated carbocycles. The second kappa shape index (κ2) is 4.99. The molecule has 7 heteroatoms. The minimum absolute atomic E-state index is 0.0743. The highest BCUT2D eigenvalue weighted by Gasteiger charge is 2.36. The topological polar surface area (TPSA) is 75.3 Å². The molecule has 1 N–H and O–H groups in total. The molecule has 0 aliphatic carbocycles. The highest BCUT2D eigenvalue weighted by atomic mass is 32.2. The predicted octanol–water partition coefficient (Wildman–Crippen LogP) is 0.906. The van der Waals surface area contributed by atoms with Gasteiger partial charge in [-0.2, -0.15) is 9.40 Å². The van der Waals surface area contributed by atoms with Gasteiger partial charge in [0.05, 0.1) is 24.6 Å². The first-order valence-corrected chi connectivity index (χ1v) is 7.54. The van der Waals surface area contributed by atoms with Crippen molar-refractivity contribution in [3.05, 3.63) is 11.9 Å². The molecule has 1 aromatic heterocycles. The fourth-order valence-corrected chi connectivity index (χ4v) is 4.04. The Kier molecular flexibility index (Phi) is 3.74. The third-order valence-corrected chi connectivity index (χ3v) is 5.29. The van der Waals surface area contributed by atoms with Gasteiger partial charge in [0, 0.05) is 12.6 Å². The molecule has 1 aliphatic rings. The Morgan fingerprint density at radius 2 is 2.33 bits per heavy atom. The number of nitrogens with zero attached hydrogens (tertiary/aromatic N) is 2. The van der Waals surface area contributed by atoms with Crippen LogP contribution in [0.1, 0.15) is 26.0 Å². The minimum atomic E-state index is -3.48. The first kappa shape index (κ1) is 13.5. The first-order valence-electron chi connectivity index (χ1n) is 6.10. The Balaban J connectivity index is 2.36. The molecule has 0 spiro atoms. The van der Waals surface area contributed by atoms with Gasteiger partial charge >= 0.3 is 0 Å². The molecule has 1 saturated heterocycles. The lowest BCUT2D eigenvalue weighted by Crippen LogP contribution is -2.51. The molecule has 2 atom stereocenters. The van der Waals surface area contributed by atoms with Gasteiger partial charge in [0.15, 0.2) is 0 Å². The summed E-state index contributed by atoms with van der Waals surface area (Å²) in [7, 11) is -3.48. The van der Waals surface area contributed by atoms with Crippen molar-refractivity contribution < 1.29 is 13.2 Å². The molecule has 2 unspecified atom stereocenters. The van der Waals surface area contributed by atoms with Gasteiger partial charge in [-0.05, 0) is 20.3 Å². The molecule has 102 valence electrons. The van der Waals surface area contributed by atoms with Crippen LogP contribution in [0.4, 0.5) is 0 Å². The molecule has 2 heterocycles. The quantitative estimate of drug-likeness (QED) is 0.888. The van der Waals surface area contributed by atoms with Crippen LogP contribution in [-0.4, -0.2) is 48.2 Å². The maximum absolute atomic E-state index is 12.6. The number of H-pyrrole nitrogens is 1. The second-order valence-electron chi connectivity index (χ2n) is 4.64. The van der Waals surface area contributed by atoms with Crippen LogP contribution in [0.2, 0.25) is 0 Å². The Hall–Kier alpha value is -0.920. The summed E-state index contributed by atoms with van der Waals surface area (Å²) < 4.78 is 32.3. The average molecular weight is 273 g/mol. The van der Waals surface area contributed by atoms with Crippen LogP contribution < -0.4 is 0 Å². The van der Waals surface area contributed by atoms with Gasteiger partial charge in [0.1, 0.15) is 4.90 Å². The summed E-state index contributed by atoms with van der Waals surface area (Å²) in [6.45, 7) is 6.41. The van der Waals surface area contributed by atoms with E-state index < -0.39 is 10.0 Å². The SMILES string of the molecule is CCC1COC(C)CN1S(=O)(=O)c1cn[nH]c1C. The zero-order valence-electron chi connectivity index (χ0n) is 10.9. The molecule has 2 rings (SSSR count). The summed E-state index contributed by atoms with van der Waals surface area (Å²) >= 11 is 0. The van der Waals surface area contributed by atoms with E-state index in [0.717, 1.165) is 6.42 Å². The van der Waals surface area contributed by atoms with Crippen molar-refractivity contribution in [1.29, 1.82) is 0 Å². The Labute approximate surface area is 107 Å². The maximum Gasteiger partial charge on any atom is 0.246 e. The van der Waals surface area contributed by atoms with Crippen molar-refractivity contribution in [2.75, 3.05) is 13.2 Å². The number of sulfonamides is 1. The van der Waals surface area contributed by atoms with Crippen LogP contribution in [0.15, 0.2) is 11.1 Å². The number of aryl methyl sites for hydroxylation is 1. The van der Waals surface area contributed by atoms with Gasteiger partial charge in [-0.25, -0.2) is 8.42 Å². The van der Waals surface area contributed by atoms with Gasteiger partial charge in [-0.1, -0.05) is 6.92 Å². The molecule has 0 aromatic carbocycles. The van der Waals surface area contributed by atoms with Crippen LogP contribution in [0.5, 0.6) is 0 Å². The van der Waals surface area contributed by atoms with Gasteiger partial charge in [-0.15, -0.1) is 0 Å². The van der Waals surface area contributed by atoms with Crippen LogP contribution in [0.25, 0.3) is 0 Å². The van der Waals surface area contributed by atoms with Gasteiger partial charge in [-0.3, -0.25) is 5.10 Å². The molecule has 1 aromatic rings. The van der Waals surface area contributed by atoms with Crippen molar-refractivity contribution in [3.8, 4) is 0 Å². The highest BCUT2D eigenvalue weighted by molar-refractivity contribution is 7.89. The van der Waals surface area contributed by atoms with E-state index >= 15 is 0 Å². The number of rotatable bonds is 3. The lowest BCUT2D eigenvalue weighted by Gasteiger charge is -2.37. The van der Waals surface area contributed by atoms with E-state index in [1.807, 2.05) is 13.8 Å². The van der Waals surface area contributed by atoms with Gasteiger partial charge < -0.3 is 4.74 Å². The molecule has 1 fully saturated rings. The van der Waals surface area contributed by atoms with Crippen LogP contribution in [-0.2, 0) is 14.8 Å². The highest BCUT2D eigenvalue weighted by Crippen LogP contribution is 2.24.